The molecule has 2 aromatic rings. The molecule has 1 atom stereocenters. The smallest absolute Gasteiger partial charge is 0.293 e. The molecule has 35 heavy (non-hydrogen) atoms. The lowest BCUT2D eigenvalue weighted by Gasteiger charge is -2.33. The maximum absolute atomic E-state index is 13.1. The maximum atomic E-state index is 13.1. The van der Waals surface area contributed by atoms with Crippen molar-refractivity contribution < 1.29 is 22.8 Å². The molecular weight excluding hydrogens is 486 g/mol. The lowest BCUT2D eigenvalue weighted by atomic mass is 10.0. The van der Waals surface area contributed by atoms with E-state index in [9.17, 15) is 22.8 Å². The van der Waals surface area contributed by atoms with E-state index in [1.165, 1.54) is 16.4 Å². The number of thioether (sulfide) groups is 1. The number of hydrogen-bond donors (Lipinski definition) is 1. The second kappa shape index (κ2) is 10.8. The third-order valence-electron chi connectivity index (χ3n) is 5.99. The molecule has 2 aromatic carbocycles. The van der Waals surface area contributed by atoms with Crippen molar-refractivity contribution in [3.05, 3.63) is 70.6 Å². The third-order valence-corrected chi connectivity index (χ3v) is 8.82. The van der Waals surface area contributed by atoms with Gasteiger partial charge in [-0.3, -0.25) is 19.3 Å². The molecule has 2 saturated heterocycles. The van der Waals surface area contributed by atoms with E-state index < -0.39 is 33.1 Å². The monoisotopic (exact) mass is 513 g/mol. The number of benzene rings is 2. The van der Waals surface area contributed by atoms with Gasteiger partial charge in [0, 0.05) is 19.6 Å². The predicted molar refractivity (Wildman–Crippen MR) is 135 cm³/mol. The molecule has 2 heterocycles. The van der Waals surface area contributed by atoms with Crippen LogP contribution in [0, 0.1) is 6.92 Å². The van der Waals surface area contributed by atoms with E-state index in [0.717, 1.165) is 34.2 Å². The standard InChI is InChI=1S/C25H27N3O5S2/c1-18-10-12-19(13-11-18)17-22-24(30)27(25(31)34-22)16-14-26-23(29)21-9-5-6-15-28(21)35(32,33)20-7-3-2-4-8-20/h2-4,7-8,10-13,17,21H,5-6,9,14-16H2,1H3,(H,26,29). The van der Waals surface area contributed by atoms with Gasteiger partial charge in [-0.05, 0) is 55.3 Å². The minimum atomic E-state index is -3.81. The van der Waals surface area contributed by atoms with Crippen molar-refractivity contribution in [2.24, 2.45) is 0 Å². The lowest BCUT2D eigenvalue weighted by molar-refractivity contribution is -0.127. The fraction of sp³-hybridized carbons (Fsp3) is 0.320. The summed E-state index contributed by atoms with van der Waals surface area (Å²) in [6.45, 7) is 2.29. The lowest BCUT2D eigenvalue weighted by Crippen LogP contribution is -2.52. The highest BCUT2D eigenvalue weighted by atomic mass is 32.2. The molecule has 3 amide bonds. The van der Waals surface area contributed by atoms with Gasteiger partial charge in [0.1, 0.15) is 6.04 Å². The number of carbonyl (C=O) groups excluding carboxylic acids is 3. The number of sulfonamides is 1. The molecule has 1 unspecified atom stereocenters. The van der Waals surface area contributed by atoms with Gasteiger partial charge in [-0.15, -0.1) is 0 Å². The van der Waals surface area contributed by atoms with Gasteiger partial charge < -0.3 is 5.32 Å². The molecule has 184 valence electrons. The van der Waals surface area contributed by atoms with E-state index in [0.29, 0.717) is 17.7 Å². The van der Waals surface area contributed by atoms with Crippen LogP contribution in [0.1, 0.15) is 30.4 Å². The van der Waals surface area contributed by atoms with Crippen molar-refractivity contribution in [3.8, 4) is 0 Å². The van der Waals surface area contributed by atoms with Crippen LogP contribution >= 0.6 is 11.8 Å². The second-order valence-corrected chi connectivity index (χ2v) is 11.4. The Labute approximate surface area is 209 Å². The number of aryl methyl sites for hydroxylation is 1. The zero-order chi connectivity index (χ0) is 25.0. The fourth-order valence-electron chi connectivity index (χ4n) is 4.10. The summed E-state index contributed by atoms with van der Waals surface area (Å²) in [4.78, 5) is 39.6. The van der Waals surface area contributed by atoms with Crippen LogP contribution in [0.3, 0.4) is 0 Å². The summed E-state index contributed by atoms with van der Waals surface area (Å²) in [6.07, 6.45) is 3.52. The fourth-order valence-corrected chi connectivity index (χ4v) is 6.64. The van der Waals surface area contributed by atoms with Gasteiger partial charge in [-0.25, -0.2) is 8.42 Å². The number of nitrogens with one attached hydrogen (secondary N) is 1. The first-order valence-corrected chi connectivity index (χ1v) is 13.7. The average molecular weight is 514 g/mol. The minimum absolute atomic E-state index is 0.0137. The van der Waals surface area contributed by atoms with Crippen molar-refractivity contribution in [2.75, 3.05) is 19.6 Å². The molecule has 0 aliphatic carbocycles. The first-order chi connectivity index (χ1) is 16.8. The Morgan fingerprint density at radius 3 is 2.51 bits per heavy atom. The molecule has 0 bridgehead atoms. The van der Waals surface area contributed by atoms with Crippen LogP contribution in [0.5, 0.6) is 0 Å². The van der Waals surface area contributed by atoms with Crippen LogP contribution in [-0.2, 0) is 19.6 Å². The summed E-state index contributed by atoms with van der Waals surface area (Å²) in [5.74, 6) is -0.827. The molecular formula is C25H27N3O5S2. The molecule has 2 fully saturated rings. The van der Waals surface area contributed by atoms with Gasteiger partial charge in [-0.2, -0.15) is 4.31 Å². The Morgan fingerprint density at radius 1 is 1.09 bits per heavy atom. The zero-order valence-corrected chi connectivity index (χ0v) is 21.0. The minimum Gasteiger partial charge on any atom is -0.353 e. The number of imide groups is 1. The Hall–Kier alpha value is -2.95. The van der Waals surface area contributed by atoms with Gasteiger partial charge in [0.05, 0.1) is 9.80 Å². The highest BCUT2D eigenvalue weighted by Crippen LogP contribution is 2.32. The summed E-state index contributed by atoms with van der Waals surface area (Å²) < 4.78 is 27.5. The molecule has 2 aliphatic rings. The Bertz CT molecular complexity index is 1240. The number of hydrogen-bond acceptors (Lipinski definition) is 6. The van der Waals surface area contributed by atoms with Crippen LogP contribution in [0.15, 0.2) is 64.4 Å². The average Bonchev–Trinajstić information content (AvgIpc) is 3.13. The Kier molecular flexibility index (Phi) is 7.73. The van der Waals surface area contributed by atoms with Gasteiger partial charge in [-0.1, -0.05) is 54.4 Å². The van der Waals surface area contributed by atoms with E-state index in [4.69, 9.17) is 0 Å². The number of rotatable bonds is 7. The van der Waals surface area contributed by atoms with Crippen molar-refractivity contribution in [1.82, 2.24) is 14.5 Å². The molecule has 0 radical (unpaired) electrons. The summed E-state index contributed by atoms with van der Waals surface area (Å²) in [7, 11) is -3.81. The Balaban J connectivity index is 1.37. The summed E-state index contributed by atoms with van der Waals surface area (Å²) in [6, 6.07) is 14.9. The van der Waals surface area contributed by atoms with Gasteiger partial charge in [0.2, 0.25) is 15.9 Å². The van der Waals surface area contributed by atoms with Crippen molar-refractivity contribution in [2.45, 2.75) is 37.1 Å². The SMILES string of the molecule is Cc1ccc(C=C2SC(=O)N(CCNC(=O)C3CCCCN3S(=O)(=O)c3ccccc3)C2=O)cc1. The van der Waals surface area contributed by atoms with E-state index in [-0.39, 0.29) is 24.5 Å². The maximum Gasteiger partial charge on any atom is 0.293 e. The predicted octanol–water partition coefficient (Wildman–Crippen LogP) is 3.39. The number of piperidine rings is 1. The summed E-state index contributed by atoms with van der Waals surface area (Å²) in [5, 5.41) is 2.33. The van der Waals surface area contributed by atoms with E-state index in [1.54, 1.807) is 24.3 Å². The number of nitrogens with zero attached hydrogens (tertiary/aromatic N) is 2. The highest BCUT2D eigenvalue weighted by Gasteiger charge is 2.38. The van der Waals surface area contributed by atoms with Crippen LogP contribution in [0.2, 0.25) is 0 Å². The number of carbonyl (C=O) groups is 3. The van der Waals surface area contributed by atoms with Crippen molar-refractivity contribution >= 4 is 44.9 Å². The van der Waals surface area contributed by atoms with E-state index >= 15 is 0 Å². The van der Waals surface area contributed by atoms with Gasteiger partial charge in [0.25, 0.3) is 11.1 Å². The molecule has 10 heteroatoms. The van der Waals surface area contributed by atoms with Crippen LogP contribution in [-0.4, -0.2) is 60.4 Å². The second-order valence-electron chi connectivity index (χ2n) is 8.48. The van der Waals surface area contributed by atoms with Gasteiger partial charge in [0.15, 0.2) is 0 Å². The topological polar surface area (TPSA) is 104 Å². The van der Waals surface area contributed by atoms with Crippen molar-refractivity contribution in [3.63, 3.8) is 0 Å². The molecule has 1 N–H and O–H groups in total. The summed E-state index contributed by atoms with van der Waals surface area (Å²) >= 11 is 0.867. The first-order valence-electron chi connectivity index (χ1n) is 11.4. The normalized spacial score (nSPS) is 20.4. The van der Waals surface area contributed by atoms with Crippen molar-refractivity contribution in [1.29, 1.82) is 0 Å². The Morgan fingerprint density at radius 2 is 1.80 bits per heavy atom. The van der Waals surface area contributed by atoms with Crippen LogP contribution < -0.4 is 5.32 Å². The van der Waals surface area contributed by atoms with E-state index in [1.807, 2.05) is 31.2 Å². The molecule has 0 aromatic heterocycles. The summed E-state index contributed by atoms with van der Waals surface area (Å²) in [5.41, 5.74) is 1.92. The van der Waals surface area contributed by atoms with Gasteiger partial charge >= 0.3 is 0 Å². The van der Waals surface area contributed by atoms with Crippen LogP contribution in [0.4, 0.5) is 4.79 Å². The molecule has 8 nitrogen and oxygen atoms in total. The third kappa shape index (κ3) is 5.66. The molecule has 0 saturated carbocycles. The quantitative estimate of drug-likeness (QED) is 0.569. The highest BCUT2D eigenvalue weighted by molar-refractivity contribution is 8.18. The van der Waals surface area contributed by atoms with E-state index in [2.05, 4.69) is 5.32 Å². The zero-order valence-electron chi connectivity index (χ0n) is 19.3. The number of amides is 3. The molecule has 4 rings (SSSR count). The molecule has 2 aliphatic heterocycles. The van der Waals surface area contributed by atoms with Crippen LogP contribution in [0.25, 0.3) is 6.08 Å². The first kappa shape index (κ1) is 25.2. The molecule has 0 spiro atoms. The largest absolute Gasteiger partial charge is 0.353 e.